The topological polar surface area (TPSA) is 54.0 Å². The lowest BCUT2D eigenvalue weighted by Gasteiger charge is -2.37. The van der Waals surface area contributed by atoms with Gasteiger partial charge in [0.15, 0.2) is 0 Å². The van der Waals surface area contributed by atoms with Gasteiger partial charge in [0, 0.05) is 11.4 Å². The van der Waals surface area contributed by atoms with Crippen LogP contribution in [0.2, 0.25) is 0 Å². The highest BCUT2D eigenvalue weighted by atomic mass is 32.1. The van der Waals surface area contributed by atoms with Crippen molar-refractivity contribution in [3.05, 3.63) is 15.6 Å². The van der Waals surface area contributed by atoms with Gasteiger partial charge in [0.05, 0.1) is 17.7 Å². The fraction of sp³-hybridized carbons (Fsp3) is 0.733. The predicted octanol–water partition coefficient (Wildman–Crippen LogP) is 2.16. The van der Waals surface area contributed by atoms with Crippen LogP contribution in [0.25, 0.3) is 0 Å². The predicted molar refractivity (Wildman–Crippen MR) is 80.7 cm³/mol. The number of nitrogens with one attached hydrogen (secondary N) is 2. The molecule has 2 N–H and O–H groups in total. The van der Waals surface area contributed by atoms with Crippen LogP contribution < -0.4 is 10.6 Å². The third-order valence-electron chi connectivity index (χ3n) is 4.96. The molecule has 1 aliphatic carbocycles. The Bertz CT molecular complexity index is 494. The summed E-state index contributed by atoms with van der Waals surface area (Å²) >= 11 is 1.68. The molecule has 2 heterocycles. The van der Waals surface area contributed by atoms with E-state index >= 15 is 0 Å². The van der Waals surface area contributed by atoms with E-state index in [1.165, 1.54) is 24.1 Å². The van der Waals surface area contributed by atoms with Crippen molar-refractivity contribution in [1.82, 2.24) is 15.6 Å². The first-order chi connectivity index (χ1) is 9.62. The molecule has 3 rings (SSSR count). The van der Waals surface area contributed by atoms with Crippen molar-refractivity contribution < 1.29 is 4.79 Å². The van der Waals surface area contributed by atoms with Gasteiger partial charge >= 0.3 is 0 Å². The molecule has 1 aromatic rings. The Kier molecular flexibility index (Phi) is 3.82. The van der Waals surface area contributed by atoms with Gasteiger partial charge in [-0.15, -0.1) is 11.3 Å². The van der Waals surface area contributed by atoms with Crippen LogP contribution in [0.1, 0.15) is 41.3 Å². The Hall–Kier alpha value is -0.940. The average Bonchev–Trinajstić information content (AvgIpc) is 3.01. The van der Waals surface area contributed by atoms with Crippen LogP contribution in [0, 0.1) is 25.2 Å². The van der Waals surface area contributed by atoms with Crippen molar-refractivity contribution in [1.29, 1.82) is 0 Å². The fourth-order valence-electron chi connectivity index (χ4n) is 3.64. The number of amides is 1. The molecular weight excluding hydrogens is 270 g/mol. The van der Waals surface area contributed by atoms with Gasteiger partial charge in [-0.1, -0.05) is 12.8 Å². The lowest BCUT2D eigenvalue weighted by molar-refractivity contribution is -0.134. The lowest BCUT2D eigenvalue weighted by atomic mass is 9.67. The smallest absolute Gasteiger partial charge is 0.228 e. The molecule has 1 saturated heterocycles. The number of fused-ring (bicyclic) bond motifs is 1. The van der Waals surface area contributed by atoms with E-state index in [1.807, 2.05) is 6.92 Å². The Balaban J connectivity index is 1.66. The molecule has 1 amide bonds. The van der Waals surface area contributed by atoms with E-state index in [9.17, 15) is 4.79 Å². The molecule has 0 radical (unpaired) electrons. The molecule has 2 atom stereocenters. The summed E-state index contributed by atoms with van der Waals surface area (Å²) in [5.74, 6) is 0.758. The maximum Gasteiger partial charge on any atom is 0.228 e. The average molecular weight is 293 g/mol. The molecule has 110 valence electrons. The summed E-state index contributed by atoms with van der Waals surface area (Å²) in [6.45, 7) is 6.53. The third kappa shape index (κ3) is 2.37. The van der Waals surface area contributed by atoms with Gasteiger partial charge in [-0.3, -0.25) is 4.79 Å². The molecule has 20 heavy (non-hydrogen) atoms. The molecule has 4 nitrogen and oxygen atoms in total. The standard InChI is InChI=1S/C15H23N3OS/c1-10-11(2)20-13(18-10)8-17-14(19)15-6-4-3-5-12(15)7-16-9-15/h12,16H,3-9H2,1-2H3,(H,17,19)/t12-,15+/m0/s1. The second-order valence-electron chi connectivity index (χ2n) is 6.16. The molecule has 1 aromatic heterocycles. The lowest BCUT2D eigenvalue weighted by Crippen LogP contribution is -2.47. The van der Waals surface area contributed by atoms with Crippen molar-refractivity contribution in [3.63, 3.8) is 0 Å². The largest absolute Gasteiger partial charge is 0.349 e. The molecule has 0 spiro atoms. The SMILES string of the molecule is Cc1nc(CNC(=O)[C@@]23CCCC[C@H]2CNC3)sc1C. The van der Waals surface area contributed by atoms with Crippen LogP contribution in [-0.2, 0) is 11.3 Å². The number of aromatic nitrogens is 1. The van der Waals surface area contributed by atoms with Crippen LogP contribution in [0.3, 0.4) is 0 Å². The van der Waals surface area contributed by atoms with Crippen molar-refractivity contribution in [2.75, 3.05) is 13.1 Å². The number of nitrogens with zero attached hydrogens (tertiary/aromatic N) is 1. The fourth-order valence-corrected chi connectivity index (χ4v) is 4.51. The van der Waals surface area contributed by atoms with E-state index in [0.717, 1.165) is 30.2 Å². The summed E-state index contributed by atoms with van der Waals surface area (Å²) in [6.07, 6.45) is 4.68. The minimum Gasteiger partial charge on any atom is -0.349 e. The van der Waals surface area contributed by atoms with Crippen molar-refractivity contribution in [3.8, 4) is 0 Å². The normalized spacial score (nSPS) is 29.2. The van der Waals surface area contributed by atoms with E-state index in [-0.39, 0.29) is 11.3 Å². The van der Waals surface area contributed by atoms with Crippen molar-refractivity contribution >= 4 is 17.2 Å². The summed E-state index contributed by atoms with van der Waals surface area (Å²) in [7, 11) is 0. The molecule has 1 aliphatic heterocycles. The molecular formula is C15H23N3OS. The van der Waals surface area contributed by atoms with Crippen molar-refractivity contribution in [2.45, 2.75) is 46.1 Å². The minimum absolute atomic E-state index is 0.153. The van der Waals surface area contributed by atoms with Gasteiger partial charge in [0.25, 0.3) is 0 Å². The highest BCUT2D eigenvalue weighted by Gasteiger charge is 2.49. The molecule has 0 aromatic carbocycles. The molecule has 0 unspecified atom stereocenters. The zero-order chi connectivity index (χ0) is 14.2. The number of hydrogen-bond donors (Lipinski definition) is 2. The van der Waals surface area contributed by atoms with Crippen LogP contribution in [-0.4, -0.2) is 24.0 Å². The molecule has 1 saturated carbocycles. The van der Waals surface area contributed by atoms with Gasteiger partial charge in [-0.05, 0) is 39.2 Å². The number of carbonyl (C=O) groups is 1. The first-order valence-corrected chi connectivity index (χ1v) is 8.35. The van der Waals surface area contributed by atoms with Crippen molar-refractivity contribution in [2.24, 2.45) is 11.3 Å². The molecule has 0 bridgehead atoms. The number of aryl methyl sites for hydroxylation is 2. The zero-order valence-corrected chi connectivity index (χ0v) is 13.1. The minimum atomic E-state index is -0.153. The highest BCUT2D eigenvalue weighted by Crippen LogP contribution is 2.43. The van der Waals surface area contributed by atoms with Gasteiger partial charge in [0.2, 0.25) is 5.91 Å². The quantitative estimate of drug-likeness (QED) is 0.898. The van der Waals surface area contributed by atoms with Crippen LogP contribution >= 0.6 is 11.3 Å². The van der Waals surface area contributed by atoms with E-state index in [2.05, 4.69) is 22.5 Å². The molecule has 2 fully saturated rings. The zero-order valence-electron chi connectivity index (χ0n) is 12.3. The maximum absolute atomic E-state index is 12.7. The Morgan fingerprint density at radius 1 is 1.50 bits per heavy atom. The summed E-state index contributed by atoms with van der Waals surface area (Å²) in [5.41, 5.74) is 0.926. The monoisotopic (exact) mass is 293 g/mol. The summed E-state index contributed by atoms with van der Waals surface area (Å²) < 4.78 is 0. The Morgan fingerprint density at radius 3 is 3.10 bits per heavy atom. The van der Waals surface area contributed by atoms with Gasteiger partial charge in [-0.2, -0.15) is 0 Å². The number of carbonyl (C=O) groups excluding carboxylic acids is 1. The maximum atomic E-state index is 12.7. The van der Waals surface area contributed by atoms with Gasteiger partial charge in [-0.25, -0.2) is 4.98 Å². The molecule has 5 heteroatoms. The van der Waals surface area contributed by atoms with E-state index in [4.69, 9.17) is 0 Å². The van der Waals surface area contributed by atoms with Gasteiger partial charge < -0.3 is 10.6 Å². The van der Waals surface area contributed by atoms with Crippen LogP contribution in [0.15, 0.2) is 0 Å². The van der Waals surface area contributed by atoms with E-state index in [0.29, 0.717) is 12.5 Å². The number of rotatable bonds is 3. The first-order valence-electron chi connectivity index (χ1n) is 7.54. The summed E-state index contributed by atoms with van der Waals surface area (Å²) in [4.78, 5) is 18.4. The van der Waals surface area contributed by atoms with E-state index in [1.54, 1.807) is 11.3 Å². The summed E-state index contributed by atoms with van der Waals surface area (Å²) in [5, 5.41) is 7.58. The first kappa shape index (κ1) is 14.0. The van der Waals surface area contributed by atoms with Gasteiger partial charge in [0.1, 0.15) is 5.01 Å². The van der Waals surface area contributed by atoms with Crippen LogP contribution in [0.4, 0.5) is 0 Å². The highest BCUT2D eigenvalue weighted by molar-refractivity contribution is 7.11. The Labute approximate surface area is 124 Å². The molecule has 2 aliphatic rings. The summed E-state index contributed by atoms with van der Waals surface area (Å²) in [6, 6.07) is 0. The van der Waals surface area contributed by atoms with E-state index < -0.39 is 0 Å². The second kappa shape index (κ2) is 5.45. The number of hydrogen-bond acceptors (Lipinski definition) is 4. The third-order valence-corrected chi connectivity index (χ3v) is 6.04. The van der Waals surface area contributed by atoms with Crippen LogP contribution in [0.5, 0.6) is 0 Å². The second-order valence-corrected chi connectivity index (χ2v) is 7.45. The number of thiazole rings is 1. The Morgan fingerprint density at radius 2 is 2.35 bits per heavy atom.